The van der Waals surface area contributed by atoms with Crippen molar-refractivity contribution in [3.05, 3.63) is 71.7 Å². The predicted octanol–water partition coefficient (Wildman–Crippen LogP) is 6.55. The molecule has 2 amide bonds. The molecule has 1 saturated carbocycles. The summed E-state index contributed by atoms with van der Waals surface area (Å²) >= 11 is 0. The normalized spacial score (nSPS) is 20.0. The molecule has 2 aliphatic rings. The van der Waals surface area contributed by atoms with Crippen LogP contribution in [0, 0.1) is 12.8 Å². The Balaban J connectivity index is 1.22. The van der Waals surface area contributed by atoms with Gasteiger partial charge in [-0.1, -0.05) is 49.2 Å². The molecule has 252 valence electrons. The van der Waals surface area contributed by atoms with Crippen LogP contribution in [0.1, 0.15) is 82.9 Å². The van der Waals surface area contributed by atoms with Gasteiger partial charge in [-0.05, 0) is 88.6 Å². The van der Waals surface area contributed by atoms with Crippen LogP contribution in [0.4, 0.5) is 16.3 Å². The fraction of sp³-hybridized carbons (Fsp3) is 0.514. The number of carbonyl (C=O) groups excluding carboxylic acids is 2. The monoisotopic (exact) mass is 642 g/mol. The lowest BCUT2D eigenvalue weighted by atomic mass is 9.84. The molecule has 0 bridgehead atoms. The van der Waals surface area contributed by atoms with Gasteiger partial charge in [0.15, 0.2) is 0 Å². The summed E-state index contributed by atoms with van der Waals surface area (Å²) in [6.45, 7) is 11.2. The first-order chi connectivity index (χ1) is 22.5. The van der Waals surface area contributed by atoms with E-state index in [4.69, 9.17) is 19.4 Å². The van der Waals surface area contributed by atoms with Crippen molar-refractivity contribution in [1.82, 2.24) is 20.6 Å². The molecule has 10 nitrogen and oxygen atoms in total. The van der Waals surface area contributed by atoms with E-state index >= 15 is 0 Å². The lowest BCUT2D eigenvalue weighted by Crippen LogP contribution is -2.48. The average molecular weight is 643 g/mol. The van der Waals surface area contributed by atoms with Gasteiger partial charge in [0.25, 0.3) is 0 Å². The maximum atomic E-state index is 13.3. The van der Waals surface area contributed by atoms with Crippen molar-refractivity contribution in [2.24, 2.45) is 5.92 Å². The van der Waals surface area contributed by atoms with E-state index in [9.17, 15) is 9.59 Å². The topological polar surface area (TPSA) is 118 Å². The molecule has 1 unspecified atom stereocenters. The number of aromatic nitrogens is 2. The van der Waals surface area contributed by atoms with E-state index < -0.39 is 11.7 Å². The second kappa shape index (κ2) is 15.3. The van der Waals surface area contributed by atoms with Gasteiger partial charge in [-0.15, -0.1) is 0 Å². The van der Waals surface area contributed by atoms with Gasteiger partial charge >= 0.3 is 6.09 Å². The standard InChI is InChI=1S/C37H50N6O4/c1-24(39-23-26-11-13-27(14-12-26)28-15-17-30(18-16-28)42-36(45)47-37(3,4)5)31-22-34(41-25(2)40-31)43-32-10-8-7-9-29(32)21-33(43)35(44)38-19-20-46-6/h11-18,22,24,29,32-33,39H,7-10,19-21,23H2,1-6H3,(H,38,44)(H,42,45)/t24?,29-,32-,33-/m0/s1. The number of hydrogen-bond acceptors (Lipinski definition) is 8. The summed E-state index contributed by atoms with van der Waals surface area (Å²) in [5.41, 5.74) is 4.37. The third kappa shape index (κ3) is 9.08. The van der Waals surface area contributed by atoms with E-state index in [0.29, 0.717) is 43.2 Å². The summed E-state index contributed by atoms with van der Waals surface area (Å²) in [5, 5.41) is 9.48. The molecule has 2 fully saturated rings. The predicted molar refractivity (Wildman–Crippen MR) is 185 cm³/mol. The van der Waals surface area contributed by atoms with Gasteiger partial charge in [0.05, 0.1) is 12.3 Å². The summed E-state index contributed by atoms with van der Waals surface area (Å²) in [6, 6.07) is 18.3. The number of carbonyl (C=O) groups is 2. The number of ether oxygens (including phenoxy) is 2. The number of anilines is 2. The van der Waals surface area contributed by atoms with E-state index in [1.807, 2.05) is 52.0 Å². The highest BCUT2D eigenvalue weighted by Crippen LogP contribution is 2.42. The zero-order valence-corrected chi connectivity index (χ0v) is 28.6. The highest BCUT2D eigenvalue weighted by molar-refractivity contribution is 5.86. The van der Waals surface area contributed by atoms with Crippen LogP contribution in [-0.4, -0.2) is 59.9 Å². The Morgan fingerprint density at radius 1 is 1.00 bits per heavy atom. The van der Waals surface area contributed by atoms with E-state index in [1.165, 1.54) is 12.8 Å². The molecular weight excluding hydrogens is 592 g/mol. The Morgan fingerprint density at radius 2 is 1.68 bits per heavy atom. The zero-order chi connectivity index (χ0) is 33.6. The van der Waals surface area contributed by atoms with Crippen molar-refractivity contribution >= 4 is 23.5 Å². The summed E-state index contributed by atoms with van der Waals surface area (Å²) in [6.07, 6.45) is 5.04. The maximum Gasteiger partial charge on any atom is 0.412 e. The SMILES string of the molecule is COCCNC(=O)[C@@H]1C[C@@H]2CCCC[C@@H]2N1c1cc(C(C)NCc2ccc(-c3ccc(NC(=O)OC(C)(C)C)cc3)cc2)nc(C)n1. The minimum atomic E-state index is -0.547. The second-order valence-corrected chi connectivity index (χ2v) is 13.8. The highest BCUT2D eigenvalue weighted by Gasteiger charge is 2.46. The molecule has 1 aromatic heterocycles. The lowest BCUT2D eigenvalue weighted by Gasteiger charge is -2.35. The number of hydrogen-bond donors (Lipinski definition) is 3. The number of methoxy groups -OCH3 is 1. The van der Waals surface area contributed by atoms with Crippen LogP contribution in [0.3, 0.4) is 0 Å². The van der Waals surface area contributed by atoms with Crippen LogP contribution in [0.25, 0.3) is 11.1 Å². The number of aryl methyl sites for hydroxylation is 1. The van der Waals surface area contributed by atoms with E-state index in [-0.39, 0.29) is 18.0 Å². The van der Waals surface area contributed by atoms with Gasteiger partial charge in [0.2, 0.25) is 5.91 Å². The fourth-order valence-electron chi connectivity index (χ4n) is 6.70. The van der Waals surface area contributed by atoms with Crippen molar-refractivity contribution in [3.8, 4) is 11.1 Å². The van der Waals surface area contributed by atoms with Gasteiger partial charge in [-0.25, -0.2) is 14.8 Å². The van der Waals surface area contributed by atoms with Crippen LogP contribution < -0.4 is 20.9 Å². The summed E-state index contributed by atoms with van der Waals surface area (Å²) in [7, 11) is 1.65. The largest absolute Gasteiger partial charge is 0.444 e. The van der Waals surface area contributed by atoms with Crippen molar-refractivity contribution < 1.29 is 19.1 Å². The second-order valence-electron chi connectivity index (χ2n) is 13.8. The van der Waals surface area contributed by atoms with E-state index in [2.05, 4.69) is 58.1 Å². The third-order valence-electron chi connectivity index (χ3n) is 8.98. The maximum absolute atomic E-state index is 13.3. The lowest BCUT2D eigenvalue weighted by molar-refractivity contribution is -0.122. The molecule has 1 aliphatic heterocycles. The molecular formula is C37H50N6O4. The summed E-state index contributed by atoms with van der Waals surface area (Å²) in [5.74, 6) is 2.11. The first-order valence-corrected chi connectivity index (χ1v) is 16.8. The number of nitrogens with one attached hydrogen (secondary N) is 3. The van der Waals surface area contributed by atoms with Gasteiger partial charge in [-0.2, -0.15) is 0 Å². The number of fused-ring (bicyclic) bond motifs is 1. The third-order valence-corrected chi connectivity index (χ3v) is 8.98. The molecule has 0 spiro atoms. The molecule has 1 saturated heterocycles. The van der Waals surface area contributed by atoms with Gasteiger partial charge < -0.3 is 25.0 Å². The Kier molecular flexibility index (Phi) is 11.1. The summed E-state index contributed by atoms with van der Waals surface area (Å²) in [4.78, 5) is 37.4. The first-order valence-electron chi connectivity index (χ1n) is 16.8. The molecule has 2 heterocycles. The number of benzene rings is 2. The van der Waals surface area contributed by atoms with Crippen LogP contribution in [0.5, 0.6) is 0 Å². The Bertz CT molecular complexity index is 1500. The van der Waals surface area contributed by atoms with Crippen LogP contribution in [-0.2, 0) is 20.8 Å². The Labute approximate surface area is 279 Å². The fourth-order valence-corrected chi connectivity index (χ4v) is 6.70. The van der Waals surface area contributed by atoms with Crippen molar-refractivity contribution in [2.75, 3.05) is 30.5 Å². The van der Waals surface area contributed by atoms with E-state index in [0.717, 1.165) is 47.5 Å². The minimum Gasteiger partial charge on any atom is -0.444 e. The molecule has 5 rings (SSSR count). The Hall–Kier alpha value is -4.02. The molecule has 47 heavy (non-hydrogen) atoms. The van der Waals surface area contributed by atoms with Crippen molar-refractivity contribution in [3.63, 3.8) is 0 Å². The molecule has 4 atom stereocenters. The molecule has 1 aliphatic carbocycles. The molecule has 0 radical (unpaired) electrons. The van der Waals surface area contributed by atoms with Crippen LogP contribution in [0.2, 0.25) is 0 Å². The van der Waals surface area contributed by atoms with Crippen LogP contribution >= 0.6 is 0 Å². The zero-order valence-electron chi connectivity index (χ0n) is 28.6. The van der Waals surface area contributed by atoms with Gasteiger partial charge in [0, 0.05) is 44.0 Å². The summed E-state index contributed by atoms with van der Waals surface area (Å²) < 4.78 is 10.5. The molecule has 10 heteroatoms. The van der Waals surface area contributed by atoms with Crippen LogP contribution in [0.15, 0.2) is 54.6 Å². The molecule has 3 N–H and O–H groups in total. The van der Waals surface area contributed by atoms with Gasteiger partial charge in [0.1, 0.15) is 23.3 Å². The molecule has 3 aromatic rings. The van der Waals surface area contributed by atoms with Crippen molar-refractivity contribution in [2.45, 2.75) is 97.0 Å². The number of amides is 2. The average Bonchev–Trinajstić information content (AvgIpc) is 3.43. The van der Waals surface area contributed by atoms with E-state index in [1.54, 1.807) is 7.11 Å². The minimum absolute atomic E-state index is 0.0149. The quantitative estimate of drug-likeness (QED) is 0.202. The molecule has 2 aromatic carbocycles. The van der Waals surface area contributed by atoms with Gasteiger partial charge in [-0.3, -0.25) is 10.1 Å². The van der Waals surface area contributed by atoms with Crippen molar-refractivity contribution in [1.29, 1.82) is 0 Å². The number of rotatable bonds is 11. The number of nitrogens with zero attached hydrogens (tertiary/aromatic N) is 3. The highest BCUT2D eigenvalue weighted by atomic mass is 16.6. The first kappa shape index (κ1) is 34.3. The smallest absolute Gasteiger partial charge is 0.412 e. The Morgan fingerprint density at radius 3 is 2.36 bits per heavy atom.